The smallest absolute Gasteiger partial charge is 0.220 e. The third-order valence-corrected chi connectivity index (χ3v) is 6.21. The Bertz CT molecular complexity index is 344. The Morgan fingerprint density at radius 3 is 2.29 bits per heavy atom. The predicted octanol–water partition coefficient (Wildman–Crippen LogP) is 3.12. The zero-order valence-corrected chi connectivity index (χ0v) is 13.4. The highest BCUT2D eigenvalue weighted by Gasteiger charge is 2.51. The summed E-state index contributed by atoms with van der Waals surface area (Å²) in [5.74, 6) is 3.40. The molecule has 0 heterocycles. The number of carbonyl (C=O) groups excluding carboxylic acids is 1. The van der Waals surface area contributed by atoms with Crippen molar-refractivity contribution in [2.45, 2.75) is 64.7 Å². The van der Waals surface area contributed by atoms with Gasteiger partial charge in [-0.15, -0.1) is 0 Å². The van der Waals surface area contributed by atoms with Gasteiger partial charge in [-0.2, -0.15) is 0 Å². The standard InChI is InChI=1S/C18H31NO2/c1-13(12-20)3-2-4-19-17(21)11-18-8-14-5-15(9-18)7-16(6-14)10-18/h13-16,20H,2-12H2,1H3,(H,19,21). The topological polar surface area (TPSA) is 49.3 Å². The summed E-state index contributed by atoms with van der Waals surface area (Å²) in [4.78, 5) is 12.3. The molecule has 3 nitrogen and oxygen atoms in total. The van der Waals surface area contributed by atoms with Crippen molar-refractivity contribution < 1.29 is 9.90 Å². The maximum atomic E-state index is 12.3. The van der Waals surface area contributed by atoms with Crippen molar-refractivity contribution in [3.8, 4) is 0 Å². The number of rotatable bonds is 7. The molecule has 0 aromatic heterocycles. The third kappa shape index (κ3) is 3.61. The maximum Gasteiger partial charge on any atom is 0.220 e. The molecule has 3 heteroatoms. The van der Waals surface area contributed by atoms with Crippen molar-refractivity contribution in [2.75, 3.05) is 13.2 Å². The fourth-order valence-corrected chi connectivity index (χ4v) is 5.68. The Morgan fingerprint density at radius 2 is 1.76 bits per heavy atom. The highest BCUT2D eigenvalue weighted by molar-refractivity contribution is 5.76. The first-order valence-corrected chi connectivity index (χ1v) is 8.96. The Balaban J connectivity index is 1.43. The van der Waals surface area contributed by atoms with E-state index < -0.39 is 0 Å². The molecule has 0 aromatic carbocycles. The van der Waals surface area contributed by atoms with E-state index in [0.717, 1.165) is 43.6 Å². The van der Waals surface area contributed by atoms with Crippen molar-refractivity contribution in [1.29, 1.82) is 0 Å². The summed E-state index contributed by atoms with van der Waals surface area (Å²) in [7, 11) is 0. The van der Waals surface area contributed by atoms with Gasteiger partial charge in [0.25, 0.3) is 0 Å². The van der Waals surface area contributed by atoms with E-state index in [1.807, 2.05) is 0 Å². The van der Waals surface area contributed by atoms with E-state index in [0.29, 0.717) is 11.3 Å². The van der Waals surface area contributed by atoms with E-state index in [-0.39, 0.29) is 12.5 Å². The van der Waals surface area contributed by atoms with Crippen LogP contribution in [0.5, 0.6) is 0 Å². The molecule has 0 aliphatic heterocycles. The quantitative estimate of drug-likeness (QED) is 0.709. The number of hydrogen-bond donors (Lipinski definition) is 2. The molecule has 4 saturated carbocycles. The van der Waals surface area contributed by atoms with E-state index in [1.165, 1.54) is 38.5 Å². The molecule has 4 bridgehead atoms. The number of carbonyl (C=O) groups is 1. The molecule has 4 fully saturated rings. The van der Waals surface area contributed by atoms with E-state index in [2.05, 4.69) is 12.2 Å². The van der Waals surface area contributed by atoms with Crippen LogP contribution in [0.15, 0.2) is 0 Å². The van der Waals surface area contributed by atoms with Gasteiger partial charge >= 0.3 is 0 Å². The lowest BCUT2D eigenvalue weighted by molar-refractivity contribution is -0.129. The largest absolute Gasteiger partial charge is 0.396 e. The molecule has 4 rings (SSSR count). The van der Waals surface area contributed by atoms with Gasteiger partial charge < -0.3 is 10.4 Å². The molecule has 120 valence electrons. The molecule has 0 aromatic rings. The molecule has 4 aliphatic carbocycles. The number of aliphatic hydroxyl groups is 1. The summed E-state index contributed by atoms with van der Waals surface area (Å²) >= 11 is 0. The monoisotopic (exact) mass is 293 g/mol. The molecule has 21 heavy (non-hydrogen) atoms. The van der Waals surface area contributed by atoms with E-state index in [1.54, 1.807) is 0 Å². The fraction of sp³-hybridized carbons (Fsp3) is 0.944. The molecule has 1 atom stereocenters. The second-order valence-corrected chi connectivity index (χ2v) is 8.37. The average molecular weight is 293 g/mol. The molecule has 1 unspecified atom stereocenters. The van der Waals surface area contributed by atoms with Gasteiger partial charge in [0.2, 0.25) is 5.91 Å². The summed E-state index contributed by atoms with van der Waals surface area (Å²) in [6, 6.07) is 0. The van der Waals surface area contributed by atoms with Gasteiger partial charge in [-0.05, 0) is 80.5 Å². The summed E-state index contributed by atoms with van der Waals surface area (Å²) in [5.41, 5.74) is 0.358. The minimum atomic E-state index is 0.251. The summed E-state index contributed by atoms with van der Waals surface area (Å²) in [6.07, 6.45) is 11.0. The molecule has 0 saturated heterocycles. The molecular formula is C18H31NO2. The molecule has 2 N–H and O–H groups in total. The van der Waals surface area contributed by atoms with Crippen molar-refractivity contribution in [2.24, 2.45) is 29.1 Å². The average Bonchev–Trinajstić information content (AvgIpc) is 2.41. The van der Waals surface area contributed by atoms with Crippen molar-refractivity contribution in [1.82, 2.24) is 5.32 Å². The van der Waals surface area contributed by atoms with Gasteiger partial charge in [0.1, 0.15) is 0 Å². The first-order chi connectivity index (χ1) is 10.1. The zero-order chi connectivity index (χ0) is 14.9. The lowest BCUT2D eigenvalue weighted by atomic mass is 9.49. The lowest BCUT2D eigenvalue weighted by Crippen LogP contribution is -2.48. The van der Waals surface area contributed by atoms with Crippen molar-refractivity contribution in [3.63, 3.8) is 0 Å². The van der Waals surface area contributed by atoms with Crippen LogP contribution in [-0.4, -0.2) is 24.2 Å². The van der Waals surface area contributed by atoms with Crippen LogP contribution in [0.2, 0.25) is 0 Å². The molecule has 0 radical (unpaired) electrons. The first-order valence-electron chi connectivity index (χ1n) is 8.96. The highest BCUT2D eigenvalue weighted by Crippen LogP contribution is 2.61. The predicted molar refractivity (Wildman–Crippen MR) is 83.7 cm³/mol. The second-order valence-electron chi connectivity index (χ2n) is 8.37. The minimum absolute atomic E-state index is 0.251. The Hall–Kier alpha value is -0.570. The van der Waals surface area contributed by atoms with Gasteiger partial charge in [0.15, 0.2) is 0 Å². The number of amides is 1. The van der Waals surface area contributed by atoms with Crippen LogP contribution in [0.3, 0.4) is 0 Å². The van der Waals surface area contributed by atoms with Crippen LogP contribution in [-0.2, 0) is 4.79 Å². The molecule has 1 amide bonds. The van der Waals surface area contributed by atoms with Crippen LogP contribution >= 0.6 is 0 Å². The van der Waals surface area contributed by atoms with Crippen LogP contribution in [0, 0.1) is 29.1 Å². The van der Waals surface area contributed by atoms with Gasteiger partial charge in [-0.3, -0.25) is 4.79 Å². The van der Waals surface area contributed by atoms with E-state index in [9.17, 15) is 4.79 Å². The second kappa shape index (κ2) is 6.28. The molecule has 4 aliphatic rings. The van der Waals surface area contributed by atoms with Crippen LogP contribution in [0.4, 0.5) is 0 Å². The van der Waals surface area contributed by atoms with Gasteiger partial charge in [-0.25, -0.2) is 0 Å². The fourth-order valence-electron chi connectivity index (χ4n) is 5.68. The number of nitrogens with one attached hydrogen (secondary N) is 1. The van der Waals surface area contributed by atoms with Crippen LogP contribution in [0.1, 0.15) is 64.7 Å². The molecular weight excluding hydrogens is 262 g/mol. The maximum absolute atomic E-state index is 12.3. The van der Waals surface area contributed by atoms with Crippen molar-refractivity contribution >= 4 is 5.91 Å². The Kier molecular flexibility index (Phi) is 4.58. The summed E-state index contributed by atoms with van der Waals surface area (Å²) in [6.45, 7) is 3.08. The van der Waals surface area contributed by atoms with Crippen LogP contribution in [0.25, 0.3) is 0 Å². The molecule has 0 spiro atoms. The Labute approximate surface area is 128 Å². The summed E-state index contributed by atoms with van der Waals surface area (Å²) in [5, 5.41) is 12.1. The number of hydrogen-bond acceptors (Lipinski definition) is 2. The lowest BCUT2D eigenvalue weighted by Gasteiger charge is -2.56. The number of aliphatic hydroxyl groups excluding tert-OH is 1. The first kappa shape index (κ1) is 15.3. The van der Waals surface area contributed by atoms with E-state index in [4.69, 9.17) is 5.11 Å². The SMILES string of the molecule is CC(CO)CCCNC(=O)CC12CC3CC(CC(C3)C1)C2. The third-order valence-electron chi connectivity index (χ3n) is 6.21. The minimum Gasteiger partial charge on any atom is -0.396 e. The van der Waals surface area contributed by atoms with Crippen LogP contribution < -0.4 is 5.32 Å². The van der Waals surface area contributed by atoms with Gasteiger partial charge in [-0.1, -0.05) is 6.92 Å². The van der Waals surface area contributed by atoms with Gasteiger partial charge in [0.05, 0.1) is 0 Å². The van der Waals surface area contributed by atoms with E-state index >= 15 is 0 Å². The highest BCUT2D eigenvalue weighted by atomic mass is 16.3. The van der Waals surface area contributed by atoms with Crippen molar-refractivity contribution in [3.05, 3.63) is 0 Å². The zero-order valence-electron chi connectivity index (χ0n) is 13.4. The normalized spacial score (nSPS) is 38.5. The van der Waals surface area contributed by atoms with Gasteiger partial charge in [0, 0.05) is 19.6 Å². The Morgan fingerprint density at radius 1 is 1.19 bits per heavy atom. The summed E-state index contributed by atoms with van der Waals surface area (Å²) < 4.78 is 0.